The van der Waals surface area contributed by atoms with Gasteiger partial charge in [-0.05, 0) is 25.5 Å². The predicted octanol–water partition coefficient (Wildman–Crippen LogP) is 4.35. The van der Waals surface area contributed by atoms with E-state index in [0.29, 0.717) is 0 Å². The third-order valence-electron chi connectivity index (χ3n) is 3.14. The number of hydrogen-bond donors (Lipinski definition) is 0. The van der Waals surface area contributed by atoms with Crippen molar-refractivity contribution in [2.45, 2.75) is 33.2 Å². The highest BCUT2D eigenvalue weighted by Gasteiger charge is 2.11. The highest BCUT2D eigenvalue weighted by Crippen LogP contribution is 2.09. The van der Waals surface area contributed by atoms with Crippen LogP contribution in [0.2, 0.25) is 0 Å². The Balaban J connectivity index is 0.000000593. The van der Waals surface area contributed by atoms with Crippen molar-refractivity contribution < 1.29 is 9.13 Å². The molecular formula is C19H25FN4O. The lowest BCUT2D eigenvalue weighted by Gasteiger charge is -2.13. The zero-order valence-corrected chi connectivity index (χ0v) is 15.2. The van der Waals surface area contributed by atoms with Crippen LogP contribution in [0, 0.1) is 30.0 Å². The minimum Gasteiger partial charge on any atom is -0.487 e. The van der Waals surface area contributed by atoms with Gasteiger partial charge in [-0.1, -0.05) is 38.1 Å². The first-order chi connectivity index (χ1) is 12.0. The van der Waals surface area contributed by atoms with Crippen LogP contribution in [0.4, 0.5) is 4.39 Å². The third kappa shape index (κ3) is 10.6. The normalized spacial score (nSPS) is 13.7. The maximum Gasteiger partial charge on any atom is 0.231 e. The minimum atomic E-state index is -0.171. The molecule has 0 amide bonds. The number of halogens is 1. The van der Waals surface area contributed by atoms with E-state index in [0.717, 1.165) is 12.0 Å². The highest BCUT2D eigenvalue weighted by molar-refractivity contribution is 6.01. The molecule has 2 atom stereocenters. The first-order valence-electron chi connectivity index (χ1n) is 7.88. The predicted molar refractivity (Wildman–Crippen MR) is 102 cm³/mol. The molecule has 134 valence electrons. The van der Waals surface area contributed by atoms with Crippen LogP contribution in [0.15, 0.2) is 52.0 Å². The molecule has 0 bridgehead atoms. The molecule has 0 heterocycles. The van der Waals surface area contributed by atoms with Crippen molar-refractivity contribution in [1.82, 2.24) is 0 Å². The van der Waals surface area contributed by atoms with Gasteiger partial charge in [-0.3, -0.25) is 4.99 Å². The molecule has 5 nitrogen and oxygen atoms in total. The summed E-state index contributed by atoms with van der Waals surface area (Å²) in [6.07, 6.45) is 5.25. The molecule has 1 rings (SSSR count). The van der Waals surface area contributed by atoms with Gasteiger partial charge in [-0.25, -0.2) is 14.4 Å². The average molecular weight is 344 g/mol. The van der Waals surface area contributed by atoms with Crippen LogP contribution < -0.4 is 0 Å². The van der Waals surface area contributed by atoms with E-state index in [1.165, 1.54) is 24.7 Å². The van der Waals surface area contributed by atoms with Gasteiger partial charge in [0, 0.05) is 18.3 Å². The van der Waals surface area contributed by atoms with Gasteiger partial charge >= 0.3 is 0 Å². The van der Waals surface area contributed by atoms with Crippen LogP contribution in [0.3, 0.4) is 0 Å². The summed E-state index contributed by atoms with van der Waals surface area (Å²) in [5.41, 5.74) is 1.09. The van der Waals surface area contributed by atoms with Gasteiger partial charge < -0.3 is 4.74 Å². The van der Waals surface area contributed by atoms with Crippen molar-refractivity contribution in [3.63, 3.8) is 0 Å². The molecule has 0 radical (unpaired) electrons. The number of aliphatic imine (C=N–C) groups is 3. The van der Waals surface area contributed by atoms with Crippen LogP contribution in [0.5, 0.6) is 0 Å². The fraction of sp³-hybridized carbons (Fsp3) is 0.368. The number of ether oxygens (including phenoxy) is 1. The number of amidine groups is 1. The van der Waals surface area contributed by atoms with Crippen molar-refractivity contribution in [3.8, 4) is 6.07 Å². The van der Waals surface area contributed by atoms with Gasteiger partial charge in [0.05, 0.1) is 13.2 Å². The van der Waals surface area contributed by atoms with E-state index in [9.17, 15) is 4.39 Å². The quantitative estimate of drug-likeness (QED) is 0.569. The molecule has 0 saturated carbocycles. The van der Waals surface area contributed by atoms with Crippen molar-refractivity contribution in [1.29, 1.82) is 5.26 Å². The number of aryl methyl sites for hydroxylation is 1. The lowest BCUT2D eigenvalue weighted by molar-refractivity contribution is 0.412. The minimum absolute atomic E-state index is 0.0855. The standard InChI is InChI=1S/C12H18N4O.C7H7F/c1-5-11(16-9-17-4)10(3)8-15-12(7-13)14-6-2;1-6-2-4-7(8)5-3-6/h6,8-11H,2,5H2,1,3-4H3;2-5H,1H3. The summed E-state index contributed by atoms with van der Waals surface area (Å²) in [6, 6.07) is 8.36. The van der Waals surface area contributed by atoms with E-state index in [1.54, 1.807) is 25.5 Å². The molecule has 1 aromatic rings. The number of nitriles is 1. The van der Waals surface area contributed by atoms with Gasteiger partial charge in [0.25, 0.3) is 0 Å². The van der Waals surface area contributed by atoms with E-state index in [2.05, 4.69) is 21.6 Å². The lowest BCUT2D eigenvalue weighted by atomic mass is 10.0. The van der Waals surface area contributed by atoms with Crippen LogP contribution in [-0.4, -0.2) is 31.6 Å². The monoisotopic (exact) mass is 344 g/mol. The second-order valence-electron chi connectivity index (χ2n) is 5.15. The average Bonchev–Trinajstić information content (AvgIpc) is 2.62. The van der Waals surface area contributed by atoms with E-state index in [-0.39, 0.29) is 23.6 Å². The molecular weight excluding hydrogens is 319 g/mol. The molecule has 2 unspecified atom stereocenters. The molecule has 6 heteroatoms. The van der Waals surface area contributed by atoms with Crippen LogP contribution in [-0.2, 0) is 4.74 Å². The Morgan fingerprint density at radius 3 is 2.48 bits per heavy atom. The van der Waals surface area contributed by atoms with Crippen LogP contribution in [0.1, 0.15) is 25.8 Å². The van der Waals surface area contributed by atoms with Crippen LogP contribution in [0.25, 0.3) is 0 Å². The summed E-state index contributed by atoms with van der Waals surface area (Å²) >= 11 is 0. The number of rotatable bonds is 6. The lowest BCUT2D eigenvalue weighted by Crippen LogP contribution is -2.17. The third-order valence-corrected chi connectivity index (χ3v) is 3.14. The molecule has 0 fully saturated rings. The molecule has 0 spiro atoms. The Hall–Kier alpha value is -2.81. The fourth-order valence-corrected chi connectivity index (χ4v) is 1.75. The van der Waals surface area contributed by atoms with E-state index in [1.807, 2.05) is 26.8 Å². The molecule has 0 aliphatic carbocycles. The second-order valence-corrected chi connectivity index (χ2v) is 5.15. The van der Waals surface area contributed by atoms with E-state index >= 15 is 0 Å². The maximum absolute atomic E-state index is 12.1. The molecule has 25 heavy (non-hydrogen) atoms. The molecule has 1 aromatic carbocycles. The number of benzene rings is 1. The fourth-order valence-electron chi connectivity index (χ4n) is 1.75. The van der Waals surface area contributed by atoms with Crippen LogP contribution >= 0.6 is 0 Å². The largest absolute Gasteiger partial charge is 0.487 e. The van der Waals surface area contributed by atoms with E-state index in [4.69, 9.17) is 10.00 Å². The Bertz CT molecular complexity index is 609. The summed E-state index contributed by atoms with van der Waals surface area (Å²) in [5.74, 6) is 0.0304. The summed E-state index contributed by atoms with van der Waals surface area (Å²) in [7, 11) is 1.56. The summed E-state index contributed by atoms with van der Waals surface area (Å²) in [5, 5.41) is 8.72. The maximum atomic E-state index is 12.1. The van der Waals surface area contributed by atoms with E-state index < -0.39 is 0 Å². The molecule has 0 saturated heterocycles. The highest BCUT2D eigenvalue weighted by atomic mass is 19.1. The van der Waals surface area contributed by atoms with Gasteiger partial charge in [0.15, 0.2) is 6.40 Å². The summed E-state index contributed by atoms with van der Waals surface area (Å²) < 4.78 is 16.9. The molecule has 0 aliphatic rings. The number of hydrogen-bond acceptors (Lipinski definition) is 4. The first-order valence-corrected chi connectivity index (χ1v) is 7.88. The molecule has 0 aliphatic heterocycles. The smallest absolute Gasteiger partial charge is 0.231 e. The topological polar surface area (TPSA) is 70.1 Å². The van der Waals surface area contributed by atoms with Crippen molar-refractivity contribution in [3.05, 3.63) is 48.4 Å². The van der Waals surface area contributed by atoms with Gasteiger partial charge in [0.1, 0.15) is 11.9 Å². The summed E-state index contributed by atoms with van der Waals surface area (Å²) in [6.45, 7) is 9.36. The van der Waals surface area contributed by atoms with Crippen molar-refractivity contribution >= 4 is 18.5 Å². The number of methoxy groups -OCH3 is 1. The van der Waals surface area contributed by atoms with Gasteiger partial charge in [0.2, 0.25) is 5.84 Å². The summed E-state index contributed by atoms with van der Waals surface area (Å²) in [4.78, 5) is 11.9. The second kappa shape index (κ2) is 13.6. The van der Waals surface area contributed by atoms with Crippen molar-refractivity contribution in [2.75, 3.05) is 7.11 Å². The zero-order valence-electron chi connectivity index (χ0n) is 15.2. The Morgan fingerprint density at radius 1 is 1.40 bits per heavy atom. The van der Waals surface area contributed by atoms with Gasteiger partial charge in [-0.15, -0.1) is 0 Å². The number of nitrogens with zero attached hydrogens (tertiary/aromatic N) is 4. The van der Waals surface area contributed by atoms with Crippen molar-refractivity contribution in [2.24, 2.45) is 20.9 Å². The Labute approximate surface area is 149 Å². The Morgan fingerprint density at radius 2 is 2.04 bits per heavy atom. The SMILES string of the molecule is C=CN=C(C#N)N=CC(C)C(CC)N=COC.Cc1ccc(F)cc1. The zero-order chi connectivity index (χ0) is 19.1. The molecule has 0 N–H and O–H groups in total. The van der Waals surface area contributed by atoms with Gasteiger partial charge in [-0.2, -0.15) is 5.26 Å². The Kier molecular flexibility index (Phi) is 12.1. The molecule has 0 aromatic heterocycles. The first kappa shape index (κ1) is 22.2.